The van der Waals surface area contributed by atoms with Crippen LogP contribution in [0.2, 0.25) is 5.02 Å². The summed E-state index contributed by atoms with van der Waals surface area (Å²) in [6, 6.07) is 9.04. The standard InChI is InChI=1S/C16H15ClN4O2/c1-10-14(15(22)13(7-18)16(23)19-2)9-21(20-10)8-11-4-3-5-12(17)6-11/h3-6,9,13H,8H2,1-2H3,(H,19,23)/t13-/m0/s1. The van der Waals surface area contributed by atoms with E-state index < -0.39 is 17.6 Å². The second kappa shape index (κ2) is 7.07. The summed E-state index contributed by atoms with van der Waals surface area (Å²) in [7, 11) is 1.38. The summed E-state index contributed by atoms with van der Waals surface area (Å²) in [5.41, 5.74) is 1.67. The molecule has 23 heavy (non-hydrogen) atoms. The lowest BCUT2D eigenvalue weighted by atomic mass is 9.99. The highest BCUT2D eigenvalue weighted by molar-refractivity contribution is 6.30. The van der Waals surface area contributed by atoms with Crippen LogP contribution < -0.4 is 5.32 Å². The Balaban J connectivity index is 2.26. The van der Waals surface area contributed by atoms with Gasteiger partial charge in [-0.1, -0.05) is 23.7 Å². The molecule has 1 amide bonds. The first-order valence-corrected chi connectivity index (χ1v) is 7.28. The molecule has 0 spiro atoms. The van der Waals surface area contributed by atoms with Gasteiger partial charge in [-0.05, 0) is 24.6 Å². The summed E-state index contributed by atoms with van der Waals surface area (Å²) < 4.78 is 1.59. The largest absolute Gasteiger partial charge is 0.358 e. The van der Waals surface area contributed by atoms with Crippen LogP contribution in [0.5, 0.6) is 0 Å². The summed E-state index contributed by atoms with van der Waals surface area (Å²) in [4.78, 5) is 24.0. The predicted molar refractivity (Wildman–Crippen MR) is 85.0 cm³/mol. The van der Waals surface area contributed by atoms with Crippen molar-refractivity contribution in [3.05, 3.63) is 52.3 Å². The van der Waals surface area contributed by atoms with Crippen molar-refractivity contribution >= 4 is 23.3 Å². The van der Waals surface area contributed by atoms with Crippen LogP contribution in [0.4, 0.5) is 0 Å². The fraction of sp³-hybridized carbons (Fsp3) is 0.250. The molecule has 118 valence electrons. The van der Waals surface area contributed by atoms with Crippen molar-refractivity contribution in [3.8, 4) is 6.07 Å². The SMILES string of the molecule is CNC(=O)[C@@H](C#N)C(=O)c1cn(Cc2cccc(Cl)c2)nc1C. The first-order chi connectivity index (χ1) is 11.0. The molecular formula is C16H15ClN4O2. The van der Waals surface area contributed by atoms with Crippen LogP contribution in [0.15, 0.2) is 30.5 Å². The maximum atomic E-state index is 12.4. The number of aromatic nitrogens is 2. The molecular weight excluding hydrogens is 316 g/mol. The van der Waals surface area contributed by atoms with Crippen molar-refractivity contribution < 1.29 is 9.59 Å². The van der Waals surface area contributed by atoms with Gasteiger partial charge in [-0.2, -0.15) is 10.4 Å². The maximum absolute atomic E-state index is 12.4. The van der Waals surface area contributed by atoms with Crippen LogP contribution in [0.3, 0.4) is 0 Å². The number of Topliss-reactive ketones (excluding diaryl/α,β-unsaturated/α-hetero) is 1. The van der Waals surface area contributed by atoms with Crippen molar-refractivity contribution in [2.45, 2.75) is 13.5 Å². The van der Waals surface area contributed by atoms with E-state index >= 15 is 0 Å². The molecule has 1 heterocycles. The van der Waals surface area contributed by atoms with Crippen LogP contribution in [-0.4, -0.2) is 28.5 Å². The summed E-state index contributed by atoms with van der Waals surface area (Å²) in [6.45, 7) is 2.10. The number of rotatable bonds is 5. The Morgan fingerprint density at radius 3 is 2.83 bits per heavy atom. The minimum atomic E-state index is -1.37. The molecule has 0 aliphatic rings. The highest BCUT2D eigenvalue weighted by Gasteiger charge is 2.29. The average molecular weight is 331 g/mol. The van der Waals surface area contributed by atoms with E-state index in [0.717, 1.165) is 5.56 Å². The molecule has 0 saturated heterocycles. The Hall–Kier alpha value is -2.65. The zero-order valence-electron chi connectivity index (χ0n) is 12.7. The normalized spacial score (nSPS) is 11.6. The second-order valence-corrected chi connectivity index (χ2v) is 5.43. The number of benzene rings is 1. The van der Waals surface area contributed by atoms with Crippen LogP contribution in [0.25, 0.3) is 0 Å². The van der Waals surface area contributed by atoms with Crippen LogP contribution >= 0.6 is 11.6 Å². The van der Waals surface area contributed by atoms with Gasteiger partial charge >= 0.3 is 0 Å². The van der Waals surface area contributed by atoms with Gasteiger partial charge in [-0.15, -0.1) is 0 Å². The first-order valence-electron chi connectivity index (χ1n) is 6.90. The molecule has 0 aliphatic carbocycles. The van der Waals surface area contributed by atoms with E-state index in [4.69, 9.17) is 16.9 Å². The fourth-order valence-corrected chi connectivity index (χ4v) is 2.41. The molecule has 1 aromatic carbocycles. The van der Waals surface area contributed by atoms with Crippen LogP contribution in [0, 0.1) is 24.2 Å². The van der Waals surface area contributed by atoms with Crippen molar-refractivity contribution in [3.63, 3.8) is 0 Å². The molecule has 0 fully saturated rings. The quantitative estimate of drug-likeness (QED) is 0.670. The summed E-state index contributed by atoms with van der Waals surface area (Å²) in [5.74, 6) is -2.55. The van der Waals surface area contributed by atoms with Gasteiger partial charge in [0.2, 0.25) is 5.91 Å². The summed E-state index contributed by atoms with van der Waals surface area (Å²) in [5, 5.41) is 16.3. The van der Waals surface area contributed by atoms with Gasteiger partial charge in [0.15, 0.2) is 11.7 Å². The fourth-order valence-electron chi connectivity index (χ4n) is 2.20. The molecule has 0 radical (unpaired) electrons. The third-order valence-electron chi connectivity index (χ3n) is 3.35. The monoisotopic (exact) mass is 330 g/mol. The zero-order chi connectivity index (χ0) is 17.0. The zero-order valence-corrected chi connectivity index (χ0v) is 13.5. The lowest BCUT2D eigenvalue weighted by Crippen LogP contribution is -2.32. The van der Waals surface area contributed by atoms with Gasteiger partial charge in [-0.3, -0.25) is 14.3 Å². The smallest absolute Gasteiger partial charge is 0.245 e. The topological polar surface area (TPSA) is 87.8 Å². The van der Waals surface area contributed by atoms with Crippen molar-refractivity contribution in [2.75, 3.05) is 7.05 Å². The number of carbonyl (C=O) groups is 2. The van der Waals surface area contributed by atoms with Crippen molar-refractivity contribution in [1.29, 1.82) is 5.26 Å². The molecule has 1 aromatic heterocycles. The lowest BCUT2D eigenvalue weighted by Gasteiger charge is -2.05. The number of nitrogens with zero attached hydrogens (tertiary/aromatic N) is 3. The summed E-state index contributed by atoms with van der Waals surface area (Å²) in [6.07, 6.45) is 1.55. The van der Waals surface area contributed by atoms with E-state index in [1.54, 1.807) is 29.9 Å². The highest BCUT2D eigenvalue weighted by Crippen LogP contribution is 2.16. The Kier molecular flexibility index (Phi) is 5.14. The molecule has 7 heteroatoms. The van der Waals surface area contributed by atoms with Gasteiger partial charge < -0.3 is 5.32 Å². The molecule has 2 aromatic rings. The van der Waals surface area contributed by atoms with E-state index in [9.17, 15) is 9.59 Å². The average Bonchev–Trinajstić information content (AvgIpc) is 2.88. The number of amides is 1. The molecule has 0 saturated carbocycles. The third kappa shape index (κ3) is 3.76. The highest BCUT2D eigenvalue weighted by atomic mass is 35.5. The molecule has 0 aliphatic heterocycles. The number of hydrogen-bond acceptors (Lipinski definition) is 4. The lowest BCUT2D eigenvalue weighted by molar-refractivity contribution is -0.121. The molecule has 6 nitrogen and oxygen atoms in total. The number of nitrogens with one attached hydrogen (secondary N) is 1. The van der Waals surface area contributed by atoms with Crippen LogP contribution in [0.1, 0.15) is 21.6 Å². The maximum Gasteiger partial charge on any atom is 0.245 e. The Morgan fingerprint density at radius 2 is 2.22 bits per heavy atom. The third-order valence-corrected chi connectivity index (χ3v) is 3.58. The molecule has 1 N–H and O–H groups in total. The molecule has 2 rings (SSSR count). The Morgan fingerprint density at radius 1 is 1.48 bits per heavy atom. The number of halogens is 1. The molecule has 1 atom stereocenters. The van der Waals surface area contributed by atoms with Gasteiger partial charge in [0, 0.05) is 18.3 Å². The second-order valence-electron chi connectivity index (χ2n) is 5.00. The number of aryl methyl sites for hydroxylation is 1. The van der Waals surface area contributed by atoms with Gasteiger partial charge in [0.1, 0.15) is 0 Å². The van der Waals surface area contributed by atoms with E-state index in [1.807, 2.05) is 18.2 Å². The van der Waals surface area contributed by atoms with Gasteiger partial charge in [0.05, 0.1) is 23.9 Å². The van der Waals surface area contributed by atoms with Crippen molar-refractivity contribution in [1.82, 2.24) is 15.1 Å². The van der Waals surface area contributed by atoms with Gasteiger partial charge in [0.25, 0.3) is 0 Å². The number of carbonyl (C=O) groups excluding carboxylic acids is 2. The number of nitriles is 1. The van der Waals surface area contributed by atoms with Crippen molar-refractivity contribution in [2.24, 2.45) is 5.92 Å². The molecule has 0 unspecified atom stereocenters. The number of hydrogen-bond donors (Lipinski definition) is 1. The number of ketones is 1. The molecule has 0 bridgehead atoms. The van der Waals surface area contributed by atoms with Crippen LogP contribution in [-0.2, 0) is 11.3 Å². The van der Waals surface area contributed by atoms with Gasteiger partial charge in [-0.25, -0.2) is 0 Å². The van der Waals surface area contributed by atoms with E-state index in [1.165, 1.54) is 7.05 Å². The van der Waals surface area contributed by atoms with E-state index in [2.05, 4.69) is 10.4 Å². The Bertz CT molecular complexity index is 792. The minimum absolute atomic E-state index is 0.266. The predicted octanol–water partition coefficient (Wildman–Crippen LogP) is 1.96. The first kappa shape index (κ1) is 16.7. The minimum Gasteiger partial charge on any atom is -0.358 e. The van der Waals surface area contributed by atoms with E-state index in [0.29, 0.717) is 17.3 Å². The van der Waals surface area contributed by atoms with E-state index in [-0.39, 0.29) is 5.56 Å². The summed E-state index contributed by atoms with van der Waals surface area (Å²) >= 11 is 5.94. The Labute approximate surface area is 138 Å².